The zero-order valence-corrected chi connectivity index (χ0v) is 18.4. The quantitative estimate of drug-likeness (QED) is 0.548. The van der Waals surface area contributed by atoms with Crippen LogP contribution >= 0.6 is 0 Å². The lowest BCUT2D eigenvalue weighted by Crippen LogP contribution is -2.12. The van der Waals surface area contributed by atoms with Gasteiger partial charge in [-0.1, -0.05) is 67.2 Å². The van der Waals surface area contributed by atoms with Crippen molar-refractivity contribution < 1.29 is 9.59 Å². The molecule has 152 valence electrons. The van der Waals surface area contributed by atoms with E-state index in [1.807, 2.05) is 0 Å². The maximum atomic E-state index is 11.0. The standard InChI is InChI=1S/2C8H14O.C8H16/c2*1-6(2)7-4-3-5-8(7)9;1-7(2)8-5-3-4-6-8/h2*6-7H,3-5H2,1-2H3;7-8H,3-6H2,1-2H3/t2*7-;/m11./s1. The summed E-state index contributed by atoms with van der Waals surface area (Å²) >= 11 is 0. The Hall–Kier alpha value is -0.660. The second-order valence-corrected chi connectivity index (χ2v) is 9.71. The summed E-state index contributed by atoms with van der Waals surface area (Å²) < 4.78 is 0. The number of ketones is 2. The normalized spacial score (nSPS) is 26.3. The maximum Gasteiger partial charge on any atom is 0.136 e. The van der Waals surface area contributed by atoms with Gasteiger partial charge in [-0.05, 0) is 49.4 Å². The summed E-state index contributed by atoms with van der Waals surface area (Å²) in [5.74, 6) is 4.91. The number of hydrogen-bond acceptors (Lipinski definition) is 2. The van der Waals surface area contributed by atoms with Crippen LogP contribution < -0.4 is 0 Å². The molecule has 0 aromatic rings. The Morgan fingerprint density at radius 2 is 0.962 bits per heavy atom. The molecule has 0 aliphatic heterocycles. The first-order chi connectivity index (χ1) is 12.2. The van der Waals surface area contributed by atoms with Crippen LogP contribution in [0.5, 0.6) is 0 Å². The van der Waals surface area contributed by atoms with E-state index in [-0.39, 0.29) is 0 Å². The fraction of sp³-hybridized carbons (Fsp3) is 0.917. The van der Waals surface area contributed by atoms with E-state index in [1.54, 1.807) is 0 Å². The van der Waals surface area contributed by atoms with Crippen molar-refractivity contribution in [2.24, 2.45) is 35.5 Å². The summed E-state index contributed by atoms with van der Waals surface area (Å²) in [4.78, 5) is 22.0. The van der Waals surface area contributed by atoms with Gasteiger partial charge in [0.1, 0.15) is 11.6 Å². The first-order valence-corrected chi connectivity index (χ1v) is 11.3. The molecule has 0 unspecified atom stereocenters. The Bertz CT molecular complexity index is 386. The Balaban J connectivity index is 0.000000195. The summed E-state index contributed by atoms with van der Waals surface area (Å²) in [5, 5.41) is 0. The summed E-state index contributed by atoms with van der Waals surface area (Å²) in [6.45, 7) is 13.2. The lowest BCUT2D eigenvalue weighted by Gasteiger charge is -2.11. The predicted octanol–water partition coefficient (Wildman–Crippen LogP) is 6.86. The summed E-state index contributed by atoms with van der Waals surface area (Å²) in [6.07, 6.45) is 12.2. The van der Waals surface area contributed by atoms with E-state index in [2.05, 4.69) is 41.5 Å². The SMILES string of the molecule is CC(C)C1CCCC1.CC(C)[C@H]1CCCC1=O.CC(C)[C@H]1CCCC1=O. The third kappa shape index (κ3) is 7.92. The van der Waals surface area contributed by atoms with Crippen molar-refractivity contribution in [2.45, 2.75) is 106 Å². The van der Waals surface area contributed by atoms with Crippen LogP contribution in [0.15, 0.2) is 0 Å². The lowest BCUT2D eigenvalue weighted by atomic mass is 9.94. The number of carbonyl (C=O) groups excluding carboxylic acids is 2. The van der Waals surface area contributed by atoms with Crippen LogP contribution in [0.25, 0.3) is 0 Å². The van der Waals surface area contributed by atoms with Crippen LogP contribution in [0.1, 0.15) is 106 Å². The van der Waals surface area contributed by atoms with Crippen LogP contribution in [-0.2, 0) is 9.59 Å². The van der Waals surface area contributed by atoms with Gasteiger partial charge in [-0.3, -0.25) is 9.59 Å². The second kappa shape index (κ2) is 11.9. The lowest BCUT2D eigenvalue weighted by molar-refractivity contribution is -0.122. The molecule has 0 heterocycles. The van der Waals surface area contributed by atoms with Crippen molar-refractivity contribution in [3.8, 4) is 0 Å². The molecule has 0 radical (unpaired) electrons. The Morgan fingerprint density at radius 1 is 0.577 bits per heavy atom. The van der Waals surface area contributed by atoms with Crippen LogP contribution in [0, 0.1) is 35.5 Å². The highest BCUT2D eigenvalue weighted by atomic mass is 16.1. The Kier molecular flexibility index (Phi) is 10.7. The van der Waals surface area contributed by atoms with Gasteiger partial charge in [0.25, 0.3) is 0 Å². The van der Waals surface area contributed by atoms with Crippen molar-refractivity contribution in [2.75, 3.05) is 0 Å². The predicted molar refractivity (Wildman–Crippen MR) is 111 cm³/mol. The fourth-order valence-electron chi connectivity index (χ4n) is 4.72. The molecule has 2 heteroatoms. The van der Waals surface area contributed by atoms with E-state index in [9.17, 15) is 9.59 Å². The van der Waals surface area contributed by atoms with E-state index in [0.717, 1.165) is 50.4 Å². The molecule has 0 spiro atoms. The molecule has 3 saturated carbocycles. The molecule has 0 aromatic heterocycles. The molecule has 3 rings (SSSR count). The van der Waals surface area contributed by atoms with Crippen LogP contribution in [0.3, 0.4) is 0 Å². The van der Waals surface area contributed by atoms with E-state index in [4.69, 9.17) is 0 Å². The highest BCUT2D eigenvalue weighted by molar-refractivity contribution is 5.83. The number of Topliss-reactive ketones (excluding diaryl/α,β-unsaturated/α-hetero) is 2. The molecule has 0 bridgehead atoms. The minimum atomic E-state index is 0.394. The molecule has 3 aliphatic rings. The molecule has 26 heavy (non-hydrogen) atoms. The molecule has 0 amide bonds. The van der Waals surface area contributed by atoms with Gasteiger partial charge in [0.2, 0.25) is 0 Å². The first kappa shape index (κ1) is 23.4. The zero-order chi connectivity index (χ0) is 19.7. The average Bonchev–Trinajstić information content (AvgIpc) is 3.28. The van der Waals surface area contributed by atoms with Gasteiger partial charge in [-0.25, -0.2) is 0 Å². The molecule has 0 N–H and O–H groups in total. The summed E-state index contributed by atoms with van der Waals surface area (Å²) in [7, 11) is 0. The highest BCUT2D eigenvalue weighted by Gasteiger charge is 2.27. The van der Waals surface area contributed by atoms with Gasteiger partial charge in [0.05, 0.1) is 0 Å². The van der Waals surface area contributed by atoms with Crippen molar-refractivity contribution in [1.82, 2.24) is 0 Å². The maximum absolute atomic E-state index is 11.0. The molecule has 2 atom stereocenters. The minimum Gasteiger partial charge on any atom is -0.299 e. The van der Waals surface area contributed by atoms with Gasteiger partial charge in [0, 0.05) is 24.7 Å². The van der Waals surface area contributed by atoms with E-state index in [1.165, 1.54) is 25.7 Å². The monoisotopic (exact) mass is 364 g/mol. The van der Waals surface area contributed by atoms with Gasteiger partial charge < -0.3 is 0 Å². The van der Waals surface area contributed by atoms with Gasteiger partial charge in [0.15, 0.2) is 0 Å². The number of carbonyl (C=O) groups is 2. The Labute approximate surface area is 162 Å². The third-order valence-corrected chi connectivity index (χ3v) is 6.66. The minimum absolute atomic E-state index is 0.394. The summed E-state index contributed by atoms with van der Waals surface area (Å²) in [6, 6.07) is 0. The van der Waals surface area contributed by atoms with E-state index in [0.29, 0.717) is 35.2 Å². The van der Waals surface area contributed by atoms with Crippen molar-refractivity contribution in [3.63, 3.8) is 0 Å². The molecule has 3 fully saturated rings. The fourth-order valence-corrected chi connectivity index (χ4v) is 4.72. The van der Waals surface area contributed by atoms with Crippen LogP contribution in [0.4, 0.5) is 0 Å². The van der Waals surface area contributed by atoms with Gasteiger partial charge >= 0.3 is 0 Å². The summed E-state index contributed by atoms with van der Waals surface area (Å²) in [5.41, 5.74) is 0. The van der Waals surface area contributed by atoms with E-state index < -0.39 is 0 Å². The number of hydrogen-bond donors (Lipinski definition) is 0. The first-order valence-electron chi connectivity index (χ1n) is 11.3. The van der Waals surface area contributed by atoms with Crippen molar-refractivity contribution in [3.05, 3.63) is 0 Å². The van der Waals surface area contributed by atoms with Crippen LogP contribution in [0.2, 0.25) is 0 Å². The smallest absolute Gasteiger partial charge is 0.136 e. The topological polar surface area (TPSA) is 34.1 Å². The van der Waals surface area contributed by atoms with Gasteiger partial charge in [-0.2, -0.15) is 0 Å². The van der Waals surface area contributed by atoms with E-state index >= 15 is 0 Å². The second-order valence-electron chi connectivity index (χ2n) is 9.71. The zero-order valence-electron chi connectivity index (χ0n) is 18.4. The largest absolute Gasteiger partial charge is 0.299 e. The molecule has 0 aromatic carbocycles. The molecular weight excluding hydrogens is 320 g/mol. The Morgan fingerprint density at radius 3 is 1.12 bits per heavy atom. The van der Waals surface area contributed by atoms with Crippen molar-refractivity contribution in [1.29, 1.82) is 0 Å². The molecular formula is C24H44O2. The highest BCUT2D eigenvalue weighted by Crippen LogP contribution is 2.30. The molecule has 3 aliphatic carbocycles. The third-order valence-electron chi connectivity index (χ3n) is 6.66. The molecule has 0 saturated heterocycles. The van der Waals surface area contributed by atoms with Crippen LogP contribution in [-0.4, -0.2) is 11.6 Å². The van der Waals surface area contributed by atoms with Crippen molar-refractivity contribution >= 4 is 11.6 Å². The average molecular weight is 365 g/mol. The molecule has 2 nitrogen and oxygen atoms in total. The van der Waals surface area contributed by atoms with Gasteiger partial charge in [-0.15, -0.1) is 0 Å². The number of rotatable bonds is 3.